The SMILES string of the molecule is Cc1cccc(-c2cc3c(NC(=O)C4CCC(C(C)N)CC4)ccnc3[nH]2)c1. The second kappa shape index (κ2) is 7.76. The van der Waals surface area contributed by atoms with Gasteiger partial charge in [-0.2, -0.15) is 0 Å². The summed E-state index contributed by atoms with van der Waals surface area (Å²) in [6.07, 6.45) is 5.62. The average Bonchev–Trinajstić information content (AvgIpc) is 3.13. The first-order chi connectivity index (χ1) is 13.5. The lowest BCUT2D eigenvalue weighted by atomic mass is 9.79. The Labute approximate surface area is 165 Å². The van der Waals surface area contributed by atoms with Gasteiger partial charge in [0.1, 0.15) is 5.65 Å². The summed E-state index contributed by atoms with van der Waals surface area (Å²) in [6, 6.07) is 12.5. The largest absolute Gasteiger partial charge is 0.339 e. The summed E-state index contributed by atoms with van der Waals surface area (Å²) in [6.45, 7) is 4.15. The van der Waals surface area contributed by atoms with E-state index in [9.17, 15) is 4.79 Å². The minimum absolute atomic E-state index is 0.0633. The van der Waals surface area contributed by atoms with Crippen molar-refractivity contribution in [3.05, 3.63) is 48.2 Å². The number of pyridine rings is 1. The Morgan fingerprint density at radius 1 is 1.21 bits per heavy atom. The van der Waals surface area contributed by atoms with E-state index >= 15 is 0 Å². The first-order valence-electron chi connectivity index (χ1n) is 10.1. The summed E-state index contributed by atoms with van der Waals surface area (Å²) in [5.74, 6) is 0.709. The quantitative estimate of drug-likeness (QED) is 0.621. The van der Waals surface area contributed by atoms with Crippen LogP contribution in [0.4, 0.5) is 5.69 Å². The van der Waals surface area contributed by atoms with E-state index in [2.05, 4.69) is 53.4 Å². The van der Waals surface area contributed by atoms with E-state index in [1.807, 2.05) is 12.1 Å². The Morgan fingerprint density at radius 3 is 2.71 bits per heavy atom. The fraction of sp³-hybridized carbons (Fsp3) is 0.391. The van der Waals surface area contributed by atoms with Gasteiger partial charge in [0.05, 0.1) is 5.69 Å². The monoisotopic (exact) mass is 376 g/mol. The molecule has 4 rings (SSSR count). The average molecular weight is 377 g/mol. The van der Waals surface area contributed by atoms with Crippen molar-refractivity contribution in [2.75, 3.05) is 5.32 Å². The van der Waals surface area contributed by atoms with Gasteiger partial charge < -0.3 is 16.0 Å². The number of aromatic amines is 1. The maximum Gasteiger partial charge on any atom is 0.227 e. The molecule has 1 amide bonds. The van der Waals surface area contributed by atoms with Gasteiger partial charge in [-0.25, -0.2) is 4.98 Å². The number of nitrogens with one attached hydrogen (secondary N) is 2. The van der Waals surface area contributed by atoms with Crippen molar-refractivity contribution < 1.29 is 4.79 Å². The van der Waals surface area contributed by atoms with Gasteiger partial charge in [0.2, 0.25) is 5.91 Å². The molecule has 4 N–H and O–H groups in total. The highest BCUT2D eigenvalue weighted by molar-refractivity contribution is 6.02. The fourth-order valence-electron chi connectivity index (χ4n) is 4.25. The molecule has 1 unspecified atom stereocenters. The van der Waals surface area contributed by atoms with Crippen LogP contribution in [-0.4, -0.2) is 21.9 Å². The maximum absolute atomic E-state index is 12.8. The highest BCUT2D eigenvalue weighted by Crippen LogP contribution is 2.33. The number of nitrogens with zero attached hydrogens (tertiary/aromatic N) is 1. The summed E-state index contributed by atoms with van der Waals surface area (Å²) in [7, 11) is 0. The fourth-order valence-corrected chi connectivity index (χ4v) is 4.25. The standard InChI is InChI=1S/C23H28N4O/c1-14-4-3-5-18(12-14)21-13-19-20(10-11-25-22(19)26-21)27-23(28)17-8-6-16(7-9-17)15(2)24/h3-5,10-13,15-17H,6-9,24H2,1-2H3,(H2,25,26,27,28). The van der Waals surface area contributed by atoms with Crippen LogP contribution in [0.2, 0.25) is 0 Å². The third-order valence-corrected chi connectivity index (χ3v) is 6.01. The van der Waals surface area contributed by atoms with Crippen LogP contribution in [0.15, 0.2) is 42.6 Å². The van der Waals surface area contributed by atoms with Gasteiger partial charge >= 0.3 is 0 Å². The van der Waals surface area contributed by atoms with Gasteiger partial charge in [0.15, 0.2) is 0 Å². The summed E-state index contributed by atoms with van der Waals surface area (Å²) >= 11 is 0. The van der Waals surface area contributed by atoms with Gasteiger partial charge in [-0.05, 0) is 69.2 Å². The van der Waals surface area contributed by atoms with Gasteiger partial charge in [0, 0.05) is 29.2 Å². The van der Waals surface area contributed by atoms with Crippen molar-refractivity contribution in [1.29, 1.82) is 0 Å². The molecule has 5 nitrogen and oxygen atoms in total. The normalized spacial score (nSPS) is 20.8. The zero-order valence-electron chi connectivity index (χ0n) is 16.5. The third-order valence-electron chi connectivity index (χ3n) is 6.01. The molecule has 1 saturated carbocycles. The minimum Gasteiger partial charge on any atom is -0.339 e. The zero-order chi connectivity index (χ0) is 19.7. The Morgan fingerprint density at radius 2 is 2.00 bits per heavy atom. The van der Waals surface area contributed by atoms with E-state index in [-0.39, 0.29) is 17.9 Å². The molecule has 1 aliphatic carbocycles. The number of amides is 1. The Kier molecular flexibility index (Phi) is 5.18. The molecular formula is C23H28N4O. The molecule has 1 aliphatic rings. The summed E-state index contributed by atoms with van der Waals surface area (Å²) < 4.78 is 0. The van der Waals surface area contributed by atoms with Crippen LogP contribution in [0, 0.1) is 18.8 Å². The number of benzene rings is 1. The van der Waals surface area contributed by atoms with E-state index in [4.69, 9.17) is 5.73 Å². The van der Waals surface area contributed by atoms with Crippen molar-refractivity contribution in [3.63, 3.8) is 0 Å². The molecule has 146 valence electrons. The lowest BCUT2D eigenvalue weighted by Crippen LogP contribution is -2.33. The van der Waals surface area contributed by atoms with Crippen molar-refractivity contribution in [2.45, 2.75) is 45.6 Å². The Balaban J connectivity index is 1.54. The predicted molar refractivity (Wildman–Crippen MR) is 114 cm³/mol. The van der Waals surface area contributed by atoms with Gasteiger partial charge in [0.25, 0.3) is 0 Å². The minimum atomic E-state index is 0.0633. The molecule has 0 radical (unpaired) electrons. The number of aryl methyl sites for hydroxylation is 1. The number of aromatic nitrogens is 2. The Hall–Kier alpha value is -2.66. The smallest absolute Gasteiger partial charge is 0.227 e. The molecule has 1 fully saturated rings. The Bertz CT molecular complexity index is 983. The number of anilines is 1. The van der Waals surface area contributed by atoms with Crippen LogP contribution < -0.4 is 11.1 Å². The van der Waals surface area contributed by atoms with Gasteiger partial charge in [-0.1, -0.05) is 23.8 Å². The molecule has 5 heteroatoms. The first-order valence-corrected chi connectivity index (χ1v) is 10.1. The van der Waals surface area contributed by atoms with Gasteiger partial charge in [-0.3, -0.25) is 4.79 Å². The summed E-state index contributed by atoms with van der Waals surface area (Å²) in [4.78, 5) is 20.6. The van der Waals surface area contributed by atoms with E-state index in [1.165, 1.54) is 5.56 Å². The second-order valence-electron chi connectivity index (χ2n) is 8.13. The molecule has 1 aromatic carbocycles. The number of fused-ring (bicyclic) bond motifs is 1. The second-order valence-corrected chi connectivity index (χ2v) is 8.13. The molecule has 1 atom stereocenters. The summed E-state index contributed by atoms with van der Waals surface area (Å²) in [5.41, 5.74) is 11.0. The molecule has 2 heterocycles. The molecule has 3 aromatic rings. The van der Waals surface area contributed by atoms with E-state index in [1.54, 1.807) is 6.20 Å². The zero-order valence-corrected chi connectivity index (χ0v) is 16.5. The van der Waals surface area contributed by atoms with Crippen molar-refractivity contribution in [2.24, 2.45) is 17.6 Å². The molecule has 0 bridgehead atoms. The molecule has 2 aromatic heterocycles. The van der Waals surface area contributed by atoms with Crippen molar-refractivity contribution >= 4 is 22.6 Å². The molecule has 0 saturated heterocycles. The number of carbonyl (C=O) groups excluding carboxylic acids is 1. The number of hydrogen-bond donors (Lipinski definition) is 3. The number of nitrogens with two attached hydrogens (primary N) is 1. The lowest BCUT2D eigenvalue weighted by Gasteiger charge is -2.30. The van der Waals surface area contributed by atoms with E-state index in [0.29, 0.717) is 5.92 Å². The van der Waals surface area contributed by atoms with E-state index in [0.717, 1.165) is 53.7 Å². The van der Waals surface area contributed by atoms with Crippen LogP contribution in [-0.2, 0) is 4.79 Å². The van der Waals surface area contributed by atoms with Crippen LogP contribution in [0.5, 0.6) is 0 Å². The van der Waals surface area contributed by atoms with Crippen LogP contribution >= 0.6 is 0 Å². The number of carbonyl (C=O) groups is 1. The first kappa shape index (κ1) is 18.7. The van der Waals surface area contributed by atoms with Crippen LogP contribution in [0.25, 0.3) is 22.3 Å². The lowest BCUT2D eigenvalue weighted by molar-refractivity contribution is -0.121. The number of rotatable bonds is 4. The summed E-state index contributed by atoms with van der Waals surface area (Å²) in [5, 5.41) is 4.09. The molecule has 0 aliphatic heterocycles. The maximum atomic E-state index is 12.8. The van der Waals surface area contributed by atoms with Crippen LogP contribution in [0.3, 0.4) is 0 Å². The van der Waals surface area contributed by atoms with E-state index < -0.39 is 0 Å². The highest BCUT2D eigenvalue weighted by atomic mass is 16.1. The van der Waals surface area contributed by atoms with Crippen molar-refractivity contribution in [1.82, 2.24) is 9.97 Å². The molecule has 28 heavy (non-hydrogen) atoms. The van der Waals surface area contributed by atoms with Crippen LogP contribution in [0.1, 0.15) is 38.2 Å². The highest BCUT2D eigenvalue weighted by Gasteiger charge is 2.28. The van der Waals surface area contributed by atoms with Crippen molar-refractivity contribution in [3.8, 4) is 11.3 Å². The number of hydrogen-bond acceptors (Lipinski definition) is 3. The van der Waals surface area contributed by atoms with Gasteiger partial charge in [-0.15, -0.1) is 0 Å². The molecule has 0 spiro atoms. The predicted octanol–water partition coefficient (Wildman–Crippen LogP) is 4.63. The number of H-pyrrole nitrogens is 1. The molecular weight excluding hydrogens is 348 g/mol. The topological polar surface area (TPSA) is 83.8 Å². The third kappa shape index (κ3) is 3.80.